The average molecular weight is 625 g/mol. The first-order valence-electron chi connectivity index (χ1n) is 10.7. The van der Waals surface area contributed by atoms with Gasteiger partial charge < -0.3 is 26.2 Å². The first-order valence-corrected chi connectivity index (χ1v) is 12.1. The van der Waals surface area contributed by atoms with Gasteiger partial charge in [0.2, 0.25) is 0 Å². The van der Waals surface area contributed by atoms with Crippen molar-refractivity contribution in [2.24, 2.45) is 15.4 Å². The third-order valence-corrected chi connectivity index (χ3v) is 5.57. The number of nitrogens with zero attached hydrogens (tertiary/aromatic N) is 8. The molecule has 0 radical (unpaired) electrons. The molecule has 0 aliphatic heterocycles. The van der Waals surface area contributed by atoms with Crippen LogP contribution in [0.1, 0.15) is 23.3 Å². The highest BCUT2D eigenvalue weighted by Gasteiger charge is 2.45. The molecule has 0 fully saturated rings. The van der Waals surface area contributed by atoms with Crippen LogP contribution in [0.25, 0.3) is 20.9 Å². The van der Waals surface area contributed by atoms with Crippen LogP contribution in [0.15, 0.2) is 58.2 Å². The standard InChI is InChI=1S/C9H10N4O4.C9H12N2O4.CF3N3O2S/c10-12-11-8(5-14)9(15)6-1-3-7(4-2-6)13(16)17;10-8(5-12)9(13)6-1-3-7(4-2-6)11(14)15;2-1(3,4)10(8,9)7-6-5/h1-4,8-9,14-15H,5H2;1-4,8-9,12-13H,5,10H2;/t2*8-,9-;/m11./s1. The first kappa shape index (κ1) is 37.4. The topological polar surface area (TPSA) is 325 Å². The van der Waals surface area contributed by atoms with Crippen LogP contribution in [0, 0.1) is 20.2 Å². The number of halogens is 3. The van der Waals surface area contributed by atoms with Crippen molar-refractivity contribution >= 4 is 21.4 Å². The average Bonchev–Trinajstić information content (AvgIpc) is 2.94. The van der Waals surface area contributed by atoms with E-state index in [9.17, 15) is 52.0 Å². The number of rotatable bonds is 10. The maximum atomic E-state index is 11.2. The normalized spacial score (nSPS) is 13.6. The van der Waals surface area contributed by atoms with Gasteiger partial charge in [0.15, 0.2) is 0 Å². The van der Waals surface area contributed by atoms with Gasteiger partial charge in [-0.05, 0) is 46.5 Å². The summed E-state index contributed by atoms with van der Waals surface area (Å²) in [5.41, 5.74) is 16.1. The number of hydrogen-bond acceptors (Lipinski definition) is 12. The highest BCUT2D eigenvalue weighted by Crippen LogP contribution is 2.24. The molecule has 0 aromatic heterocycles. The molecule has 4 atom stereocenters. The van der Waals surface area contributed by atoms with Crippen molar-refractivity contribution < 1.29 is 51.9 Å². The Morgan fingerprint density at radius 1 is 0.857 bits per heavy atom. The summed E-state index contributed by atoms with van der Waals surface area (Å²) in [7, 11) is -5.64. The number of azide groups is 2. The lowest BCUT2D eigenvalue weighted by Crippen LogP contribution is -2.31. The van der Waals surface area contributed by atoms with E-state index in [1.165, 1.54) is 53.4 Å². The van der Waals surface area contributed by atoms with Gasteiger partial charge in [0.1, 0.15) is 0 Å². The number of nitrogens with two attached hydrogens (primary N) is 1. The SMILES string of the molecule is N[C@H](CO)[C@H](O)c1ccc([N+](=O)[O-])cc1.[N-]=[N+]=NS(=O)(=O)C(F)(F)F.[N-]=[N+]=N[C@H](CO)[C@H](O)c1ccc([N+](=O)[O-])cc1. The molecule has 2 aromatic carbocycles. The van der Waals surface area contributed by atoms with E-state index in [1.807, 2.05) is 0 Å². The molecular weight excluding hydrogens is 603 g/mol. The zero-order valence-electron chi connectivity index (χ0n) is 20.8. The highest BCUT2D eigenvalue weighted by atomic mass is 32.2. The largest absolute Gasteiger partial charge is 0.504 e. The predicted octanol–water partition coefficient (Wildman–Crippen LogP) is 2.39. The molecule has 0 spiro atoms. The van der Waals surface area contributed by atoms with E-state index < -0.39 is 56.3 Å². The van der Waals surface area contributed by atoms with Crippen LogP contribution >= 0.6 is 0 Å². The van der Waals surface area contributed by atoms with E-state index in [2.05, 4.69) is 10.0 Å². The summed E-state index contributed by atoms with van der Waals surface area (Å²) < 4.78 is 54.5. The van der Waals surface area contributed by atoms with Gasteiger partial charge in [0, 0.05) is 38.6 Å². The molecule has 0 amide bonds. The predicted molar refractivity (Wildman–Crippen MR) is 135 cm³/mol. The Morgan fingerprint density at radius 3 is 1.52 bits per heavy atom. The molecule has 230 valence electrons. The van der Waals surface area contributed by atoms with Gasteiger partial charge in [0.25, 0.3) is 11.4 Å². The number of hydrogen-bond donors (Lipinski definition) is 5. The van der Waals surface area contributed by atoms with Crippen LogP contribution in [0.5, 0.6) is 0 Å². The van der Waals surface area contributed by atoms with Gasteiger partial charge in [-0.2, -0.15) is 13.2 Å². The van der Waals surface area contributed by atoms with E-state index in [4.69, 9.17) is 27.0 Å². The molecule has 6 N–H and O–H groups in total. The zero-order chi connectivity index (χ0) is 32.7. The van der Waals surface area contributed by atoms with E-state index in [0.717, 1.165) is 0 Å². The van der Waals surface area contributed by atoms with Crippen molar-refractivity contribution in [2.75, 3.05) is 13.2 Å². The second-order valence-corrected chi connectivity index (χ2v) is 9.06. The second kappa shape index (κ2) is 17.3. The summed E-state index contributed by atoms with van der Waals surface area (Å²) in [6.45, 7) is -0.861. The summed E-state index contributed by atoms with van der Waals surface area (Å²) >= 11 is 0. The van der Waals surface area contributed by atoms with Crippen LogP contribution in [-0.4, -0.2) is 69.5 Å². The fourth-order valence-electron chi connectivity index (χ4n) is 2.52. The number of non-ortho nitro benzene ring substituents is 2. The Bertz CT molecular complexity index is 1380. The first-order chi connectivity index (χ1) is 19.5. The van der Waals surface area contributed by atoms with Gasteiger partial charge >= 0.3 is 15.5 Å². The van der Waals surface area contributed by atoms with Crippen LogP contribution in [0.4, 0.5) is 24.5 Å². The summed E-state index contributed by atoms with van der Waals surface area (Å²) in [6.07, 6.45) is -2.22. The Labute approximate surface area is 232 Å². The van der Waals surface area contributed by atoms with Crippen LogP contribution in [-0.2, 0) is 10.0 Å². The van der Waals surface area contributed by atoms with E-state index in [1.54, 1.807) is 4.52 Å². The van der Waals surface area contributed by atoms with E-state index in [-0.39, 0.29) is 18.0 Å². The molecule has 0 saturated heterocycles. The monoisotopic (exact) mass is 625 g/mol. The molecule has 0 aliphatic rings. The van der Waals surface area contributed by atoms with Crippen molar-refractivity contribution in [3.8, 4) is 0 Å². The third kappa shape index (κ3) is 11.9. The summed E-state index contributed by atoms with van der Waals surface area (Å²) in [5.74, 6) is 0. The third-order valence-electron chi connectivity index (χ3n) is 4.70. The summed E-state index contributed by atoms with van der Waals surface area (Å²) in [5, 5.41) is 60.9. The number of benzene rings is 2. The summed E-state index contributed by atoms with van der Waals surface area (Å²) in [6, 6.07) is 8.73. The fraction of sp³-hybridized carbons (Fsp3) is 0.368. The number of sulfonamides is 1. The minimum absolute atomic E-state index is 0.0523. The van der Waals surface area contributed by atoms with Crippen LogP contribution in [0.2, 0.25) is 0 Å². The number of alkyl halides is 3. The molecule has 0 aliphatic carbocycles. The van der Waals surface area contributed by atoms with E-state index in [0.29, 0.717) is 11.1 Å². The Hall–Kier alpha value is -4.60. The van der Waals surface area contributed by atoms with Gasteiger partial charge in [-0.3, -0.25) is 20.2 Å². The second-order valence-electron chi connectivity index (χ2n) is 7.48. The molecule has 19 nitrogen and oxygen atoms in total. The van der Waals surface area contributed by atoms with Gasteiger partial charge in [0.05, 0.1) is 47.4 Å². The van der Waals surface area contributed by atoms with Crippen molar-refractivity contribution in [3.05, 3.63) is 101 Å². The van der Waals surface area contributed by atoms with Gasteiger partial charge in [-0.15, -0.1) is 0 Å². The molecular formula is C19H22F3N9O10S. The Morgan fingerprint density at radius 2 is 1.26 bits per heavy atom. The molecule has 0 heterocycles. The number of aliphatic hydroxyl groups excluding tert-OH is 4. The quantitative estimate of drug-likeness (QED) is 0.0838. The molecule has 0 unspecified atom stereocenters. The number of nitro benzene ring substituents is 2. The van der Waals surface area contributed by atoms with Crippen LogP contribution < -0.4 is 5.73 Å². The van der Waals surface area contributed by atoms with Crippen molar-refractivity contribution in [2.45, 2.75) is 29.8 Å². The van der Waals surface area contributed by atoms with Crippen molar-refractivity contribution in [3.63, 3.8) is 0 Å². The Kier molecular flexibility index (Phi) is 15.4. The maximum Gasteiger partial charge on any atom is 0.504 e. The molecule has 2 rings (SSSR count). The lowest BCUT2D eigenvalue weighted by Gasteiger charge is -2.16. The van der Waals surface area contributed by atoms with Crippen molar-refractivity contribution in [1.82, 2.24) is 0 Å². The molecule has 42 heavy (non-hydrogen) atoms. The van der Waals surface area contributed by atoms with Gasteiger partial charge in [-0.25, -0.2) is 8.42 Å². The molecule has 0 saturated carbocycles. The Balaban J connectivity index is 0.000000622. The maximum absolute atomic E-state index is 11.2. The highest BCUT2D eigenvalue weighted by molar-refractivity contribution is 7.90. The minimum Gasteiger partial charge on any atom is -0.396 e. The number of aliphatic hydroxyl groups is 4. The lowest BCUT2D eigenvalue weighted by molar-refractivity contribution is -0.385. The fourth-order valence-corrected chi connectivity index (χ4v) is 2.70. The van der Waals surface area contributed by atoms with Crippen molar-refractivity contribution in [1.29, 1.82) is 0 Å². The lowest BCUT2D eigenvalue weighted by atomic mass is 10.0. The number of nitro groups is 2. The zero-order valence-corrected chi connectivity index (χ0v) is 21.6. The molecule has 23 heteroatoms. The smallest absolute Gasteiger partial charge is 0.396 e. The van der Waals surface area contributed by atoms with Gasteiger partial charge in [-0.1, -0.05) is 5.11 Å². The van der Waals surface area contributed by atoms with Crippen LogP contribution in [0.3, 0.4) is 0 Å². The van der Waals surface area contributed by atoms with E-state index >= 15 is 0 Å². The minimum atomic E-state index is -5.64. The molecule has 0 bridgehead atoms. The molecule has 2 aromatic rings. The summed E-state index contributed by atoms with van der Waals surface area (Å²) in [4.78, 5) is 23.7.